The van der Waals surface area contributed by atoms with Crippen LogP contribution in [0.3, 0.4) is 0 Å². The van der Waals surface area contributed by atoms with Crippen molar-refractivity contribution in [3.63, 3.8) is 0 Å². The Balaban J connectivity index is 2.01. The largest absolute Gasteiger partial charge is 0.420 e. The van der Waals surface area contributed by atoms with Crippen molar-refractivity contribution in [2.45, 2.75) is 13.1 Å². The Morgan fingerprint density at radius 1 is 1.10 bits per heavy atom. The van der Waals surface area contributed by atoms with Gasteiger partial charge in [-0.05, 0) is 23.3 Å². The third-order valence-electron chi connectivity index (χ3n) is 2.95. The van der Waals surface area contributed by atoms with Crippen molar-refractivity contribution in [3.05, 3.63) is 65.7 Å². The number of ether oxygens (including phenoxy) is 1. The standard InChI is InChI=1S/C16H17N3O2/c17-10-13-6-8-15(9-7-13)21-16(20)19(12-18)11-14-4-2-1-3-5-14/h1-9,12,18H,10-11,17H2. The first-order chi connectivity index (χ1) is 10.2. The third-order valence-corrected chi connectivity index (χ3v) is 2.95. The highest BCUT2D eigenvalue weighted by molar-refractivity contribution is 5.82. The maximum absolute atomic E-state index is 12.0. The number of carbonyl (C=O) groups is 1. The molecular weight excluding hydrogens is 266 g/mol. The van der Waals surface area contributed by atoms with E-state index in [9.17, 15) is 4.79 Å². The first-order valence-corrected chi connectivity index (χ1v) is 6.55. The summed E-state index contributed by atoms with van der Waals surface area (Å²) < 4.78 is 5.23. The van der Waals surface area contributed by atoms with Crippen LogP contribution >= 0.6 is 0 Å². The lowest BCUT2D eigenvalue weighted by Gasteiger charge is -2.16. The molecule has 0 bridgehead atoms. The van der Waals surface area contributed by atoms with Crippen molar-refractivity contribution in [2.75, 3.05) is 0 Å². The van der Waals surface area contributed by atoms with Crippen LogP contribution in [0.1, 0.15) is 11.1 Å². The highest BCUT2D eigenvalue weighted by atomic mass is 16.6. The van der Waals surface area contributed by atoms with Crippen LogP contribution in [-0.2, 0) is 13.1 Å². The molecule has 0 aliphatic heterocycles. The van der Waals surface area contributed by atoms with Crippen LogP contribution in [0.2, 0.25) is 0 Å². The molecule has 0 unspecified atom stereocenters. The summed E-state index contributed by atoms with van der Waals surface area (Å²) in [5.41, 5.74) is 7.40. The van der Waals surface area contributed by atoms with Gasteiger partial charge in [0, 0.05) is 6.54 Å². The Hall–Kier alpha value is -2.66. The first-order valence-electron chi connectivity index (χ1n) is 6.55. The fourth-order valence-corrected chi connectivity index (χ4v) is 1.80. The van der Waals surface area contributed by atoms with Crippen molar-refractivity contribution in [1.82, 2.24) is 4.90 Å². The van der Waals surface area contributed by atoms with Crippen molar-refractivity contribution in [1.29, 1.82) is 5.41 Å². The van der Waals surface area contributed by atoms with Crippen molar-refractivity contribution in [3.8, 4) is 5.75 Å². The van der Waals surface area contributed by atoms with Gasteiger partial charge in [-0.3, -0.25) is 10.3 Å². The molecule has 3 N–H and O–H groups in total. The van der Waals surface area contributed by atoms with Crippen LogP contribution in [0.4, 0.5) is 4.79 Å². The van der Waals surface area contributed by atoms with Crippen LogP contribution in [0.15, 0.2) is 54.6 Å². The van der Waals surface area contributed by atoms with E-state index in [0.717, 1.165) is 17.5 Å². The maximum atomic E-state index is 12.0. The minimum absolute atomic E-state index is 0.296. The van der Waals surface area contributed by atoms with E-state index in [2.05, 4.69) is 0 Å². The Kier molecular flexibility index (Phi) is 5.06. The molecule has 108 valence electrons. The molecule has 0 radical (unpaired) electrons. The highest BCUT2D eigenvalue weighted by Gasteiger charge is 2.14. The van der Waals surface area contributed by atoms with Gasteiger partial charge < -0.3 is 10.5 Å². The van der Waals surface area contributed by atoms with E-state index in [1.54, 1.807) is 24.3 Å². The quantitative estimate of drug-likeness (QED) is 0.654. The van der Waals surface area contributed by atoms with Crippen molar-refractivity contribution < 1.29 is 9.53 Å². The second-order valence-electron chi connectivity index (χ2n) is 4.46. The molecule has 0 atom stereocenters. The van der Waals surface area contributed by atoms with Gasteiger partial charge >= 0.3 is 6.09 Å². The zero-order chi connectivity index (χ0) is 15.1. The van der Waals surface area contributed by atoms with Gasteiger partial charge in [0.25, 0.3) is 0 Å². The minimum atomic E-state index is -0.589. The molecule has 0 aliphatic carbocycles. The monoisotopic (exact) mass is 283 g/mol. The number of nitrogens with two attached hydrogens (primary N) is 1. The Labute approximate surface area is 123 Å². The molecule has 0 saturated heterocycles. The number of nitrogens with one attached hydrogen (secondary N) is 1. The molecule has 1 amide bonds. The molecular formula is C16H17N3O2. The van der Waals surface area contributed by atoms with Gasteiger partial charge in [0.1, 0.15) is 5.75 Å². The molecule has 0 spiro atoms. The molecule has 5 heteroatoms. The molecule has 2 aromatic rings. The molecule has 0 saturated carbocycles. The molecule has 0 heterocycles. The summed E-state index contributed by atoms with van der Waals surface area (Å²) in [5, 5.41) is 7.35. The van der Waals surface area contributed by atoms with E-state index in [1.165, 1.54) is 4.90 Å². The van der Waals surface area contributed by atoms with Crippen molar-refractivity contribution in [2.24, 2.45) is 5.73 Å². The predicted octanol–water partition coefficient (Wildman–Crippen LogP) is 2.75. The Morgan fingerprint density at radius 2 is 1.76 bits per heavy atom. The molecule has 0 fully saturated rings. The van der Waals surface area contributed by atoms with Gasteiger partial charge in [-0.25, -0.2) is 4.79 Å². The van der Waals surface area contributed by atoms with Gasteiger partial charge in [0.15, 0.2) is 0 Å². The number of amides is 1. The third kappa shape index (κ3) is 4.15. The SMILES string of the molecule is N=CN(Cc1ccccc1)C(=O)Oc1ccc(CN)cc1. The van der Waals surface area contributed by atoms with Gasteiger partial charge in [-0.2, -0.15) is 0 Å². The first kappa shape index (κ1) is 14.7. The molecule has 21 heavy (non-hydrogen) atoms. The van der Waals surface area contributed by atoms with E-state index < -0.39 is 6.09 Å². The number of hydrogen-bond acceptors (Lipinski definition) is 4. The van der Waals surface area contributed by atoms with E-state index in [1.807, 2.05) is 30.3 Å². The number of benzene rings is 2. The Bertz CT molecular complexity index is 597. The molecule has 2 aromatic carbocycles. The van der Waals surface area contributed by atoms with Crippen LogP contribution in [-0.4, -0.2) is 17.3 Å². The summed E-state index contributed by atoms with van der Waals surface area (Å²) in [6.07, 6.45) is 0.373. The summed E-state index contributed by atoms with van der Waals surface area (Å²) in [7, 11) is 0. The minimum Gasteiger partial charge on any atom is -0.410 e. The van der Waals surface area contributed by atoms with Crippen LogP contribution < -0.4 is 10.5 Å². The normalized spacial score (nSPS) is 9.95. The molecule has 2 rings (SSSR count). The average Bonchev–Trinajstić information content (AvgIpc) is 2.54. The van der Waals surface area contributed by atoms with Crippen LogP contribution in [0, 0.1) is 5.41 Å². The zero-order valence-corrected chi connectivity index (χ0v) is 11.5. The van der Waals surface area contributed by atoms with Gasteiger partial charge in [-0.1, -0.05) is 42.5 Å². The highest BCUT2D eigenvalue weighted by Crippen LogP contribution is 2.13. The second-order valence-corrected chi connectivity index (χ2v) is 4.46. The van der Waals surface area contributed by atoms with E-state index in [0.29, 0.717) is 18.8 Å². The average molecular weight is 283 g/mol. The van der Waals surface area contributed by atoms with Crippen LogP contribution in [0.25, 0.3) is 0 Å². The number of nitrogens with zero attached hydrogens (tertiary/aromatic N) is 1. The van der Waals surface area contributed by atoms with E-state index in [-0.39, 0.29) is 0 Å². The summed E-state index contributed by atoms with van der Waals surface area (Å²) in [4.78, 5) is 13.2. The van der Waals surface area contributed by atoms with Crippen LogP contribution in [0.5, 0.6) is 5.75 Å². The Morgan fingerprint density at radius 3 is 2.33 bits per heavy atom. The number of hydrogen-bond donors (Lipinski definition) is 2. The van der Waals surface area contributed by atoms with E-state index in [4.69, 9.17) is 15.9 Å². The topological polar surface area (TPSA) is 79.4 Å². The predicted molar refractivity (Wildman–Crippen MR) is 81.1 cm³/mol. The fourth-order valence-electron chi connectivity index (χ4n) is 1.80. The summed E-state index contributed by atoms with van der Waals surface area (Å²) in [5.74, 6) is 0.428. The van der Waals surface area contributed by atoms with Gasteiger partial charge in [0.2, 0.25) is 0 Å². The van der Waals surface area contributed by atoms with Gasteiger partial charge in [0.05, 0.1) is 12.9 Å². The summed E-state index contributed by atoms with van der Waals surface area (Å²) in [6, 6.07) is 16.4. The molecule has 0 aliphatic rings. The summed E-state index contributed by atoms with van der Waals surface area (Å²) in [6.45, 7) is 0.735. The van der Waals surface area contributed by atoms with E-state index >= 15 is 0 Å². The maximum Gasteiger partial charge on any atom is 0.420 e. The van der Waals surface area contributed by atoms with Gasteiger partial charge in [-0.15, -0.1) is 0 Å². The molecule has 0 aromatic heterocycles. The lowest BCUT2D eigenvalue weighted by Crippen LogP contribution is -2.31. The second kappa shape index (κ2) is 7.21. The number of rotatable bonds is 5. The van der Waals surface area contributed by atoms with Crippen molar-refractivity contribution >= 4 is 12.4 Å². The smallest absolute Gasteiger partial charge is 0.410 e. The number of carbonyl (C=O) groups excluding carboxylic acids is 1. The fraction of sp³-hybridized carbons (Fsp3) is 0.125. The zero-order valence-electron chi connectivity index (χ0n) is 11.5. The lowest BCUT2D eigenvalue weighted by molar-refractivity contribution is 0.175. The summed E-state index contributed by atoms with van der Waals surface area (Å²) >= 11 is 0. The molecule has 5 nitrogen and oxygen atoms in total. The lowest BCUT2D eigenvalue weighted by atomic mass is 10.2.